The standard InChI is InChI=1S/C39H38N2O5/c1-3-23-41(38(43)32-20-19-29-11-7-8-14-31(29)27-32)24-25-46-33-21-17-28(18-22-33)26-36(39(44)45-2)40-35-16-10-9-15-34(35)37(42)30-12-5-4-6-13-30/h4-22,27,36,40H,3,23-26H2,1-2H3/t36-/m0/s1. The highest BCUT2D eigenvalue weighted by Gasteiger charge is 2.23. The normalized spacial score (nSPS) is 11.4. The molecule has 5 aromatic carbocycles. The van der Waals surface area contributed by atoms with Crippen LogP contribution in [0.2, 0.25) is 0 Å². The van der Waals surface area contributed by atoms with Gasteiger partial charge in [0.2, 0.25) is 0 Å². The van der Waals surface area contributed by atoms with E-state index in [0.717, 1.165) is 22.8 Å². The van der Waals surface area contributed by atoms with Gasteiger partial charge in [0, 0.05) is 35.3 Å². The zero-order chi connectivity index (χ0) is 32.3. The second-order valence-electron chi connectivity index (χ2n) is 11.0. The van der Waals surface area contributed by atoms with Crippen molar-refractivity contribution in [3.8, 4) is 5.75 Å². The zero-order valence-electron chi connectivity index (χ0n) is 26.1. The first-order chi connectivity index (χ1) is 22.5. The van der Waals surface area contributed by atoms with Crippen LogP contribution in [0.15, 0.2) is 121 Å². The van der Waals surface area contributed by atoms with Gasteiger partial charge < -0.3 is 19.7 Å². The van der Waals surface area contributed by atoms with E-state index in [1.165, 1.54) is 7.11 Å². The molecule has 0 heterocycles. The highest BCUT2D eigenvalue weighted by atomic mass is 16.5. The first-order valence-corrected chi connectivity index (χ1v) is 15.5. The second kappa shape index (κ2) is 15.5. The van der Waals surface area contributed by atoms with E-state index >= 15 is 0 Å². The maximum Gasteiger partial charge on any atom is 0.328 e. The number of carbonyl (C=O) groups excluding carboxylic acids is 3. The Morgan fingerprint density at radius 2 is 1.43 bits per heavy atom. The summed E-state index contributed by atoms with van der Waals surface area (Å²) in [5, 5.41) is 5.38. The van der Waals surface area contributed by atoms with E-state index in [0.29, 0.717) is 54.2 Å². The molecule has 5 aromatic rings. The summed E-state index contributed by atoms with van der Waals surface area (Å²) in [5.74, 6) is 0.0827. The average Bonchev–Trinajstić information content (AvgIpc) is 3.11. The molecule has 1 amide bonds. The molecule has 46 heavy (non-hydrogen) atoms. The summed E-state index contributed by atoms with van der Waals surface area (Å²) in [6.07, 6.45) is 1.18. The minimum Gasteiger partial charge on any atom is -0.492 e. The van der Waals surface area contributed by atoms with Crippen molar-refractivity contribution in [2.24, 2.45) is 0 Å². The third-order valence-corrected chi connectivity index (χ3v) is 7.79. The van der Waals surface area contributed by atoms with Crippen LogP contribution in [0.5, 0.6) is 5.75 Å². The Bertz CT molecular complexity index is 1790. The van der Waals surface area contributed by atoms with Crippen molar-refractivity contribution < 1.29 is 23.9 Å². The van der Waals surface area contributed by atoms with E-state index in [1.807, 2.05) is 95.9 Å². The average molecular weight is 615 g/mol. The lowest BCUT2D eigenvalue weighted by Crippen LogP contribution is -2.35. The molecule has 1 N–H and O–H groups in total. The van der Waals surface area contributed by atoms with Crippen molar-refractivity contribution in [1.29, 1.82) is 0 Å². The van der Waals surface area contributed by atoms with Gasteiger partial charge in [-0.05, 0) is 59.2 Å². The van der Waals surface area contributed by atoms with E-state index in [1.54, 1.807) is 30.3 Å². The third kappa shape index (κ3) is 7.99. The van der Waals surface area contributed by atoms with Gasteiger partial charge in [0.05, 0.1) is 13.7 Å². The number of amides is 1. The van der Waals surface area contributed by atoms with Crippen LogP contribution < -0.4 is 10.1 Å². The number of ether oxygens (including phenoxy) is 2. The zero-order valence-corrected chi connectivity index (χ0v) is 26.1. The van der Waals surface area contributed by atoms with Gasteiger partial charge in [-0.15, -0.1) is 0 Å². The lowest BCUT2D eigenvalue weighted by molar-refractivity contribution is -0.141. The quantitative estimate of drug-likeness (QED) is 0.105. The van der Waals surface area contributed by atoms with E-state index in [-0.39, 0.29) is 11.7 Å². The van der Waals surface area contributed by atoms with Crippen LogP contribution >= 0.6 is 0 Å². The third-order valence-electron chi connectivity index (χ3n) is 7.79. The van der Waals surface area contributed by atoms with Gasteiger partial charge in [-0.3, -0.25) is 9.59 Å². The second-order valence-corrected chi connectivity index (χ2v) is 11.0. The maximum atomic E-state index is 13.3. The highest BCUT2D eigenvalue weighted by molar-refractivity contribution is 6.12. The fourth-order valence-electron chi connectivity index (χ4n) is 5.40. The molecule has 0 aliphatic carbocycles. The summed E-state index contributed by atoms with van der Waals surface area (Å²) in [6, 6.07) is 36.8. The molecule has 0 aliphatic rings. The minimum absolute atomic E-state index is 0.0139. The smallest absolute Gasteiger partial charge is 0.328 e. The number of para-hydroxylation sites is 1. The summed E-state index contributed by atoms with van der Waals surface area (Å²) in [6.45, 7) is 3.49. The first-order valence-electron chi connectivity index (χ1n) is 15.5. The molecule has 0 unspecified atom stereocenters. The van der Waals surface area contributed by atoms with Crippen LogP contribution in [0, 0.1) is 0 Å². The van der Waals surface area contributed by atoms with Gasteiger partial charge in [0.1, 0.15) is 18.4 Å². The number of benzene rings is 5. The molecule has 5 rings (SSSR count). The predicted molar refractivity (Wildman–Crippen MR) is 182 cm³/mol. The van der Waals surface area contributed by atoms with Crippen LogP contribution in [0.25, 0.3) is 10.8 Å². The number of carbonyl (C=O) groups is 3. The number of nitrogens with one attached hydrogen (secondary N) is 1. The Hall–Kier alpha value is -5.43. The van der Waals surface area contributed by atoms with Gasteiger partial charge in [-0.1, -0.05) is 91.9 Å². The number of rotatable bonds is 14. The van der Waals surface area contributed by atoms with Gasteiger partial charge in [-0.25, -0.2) is 4.79 Å². The lowest BCUT2D eigenvalue weighted by atomic mass is 10.00. The van der Waals surface area contributed by atoms with Crippen molar-refractivity contribution in [2.75, 3.05) is 32.1 Å². The van der Waals surface area contributed by atoms with Crippen molar-refractivity contribution >= 4 is 34.1 Å². The topological polar surface area (TPSA) is 84.9 Å². The summed E-state index contributed by atoms with van der Waals surface area (Å²) < 4.78 is 11.1. The molecule has 0 saturated carbocycles. The molecule has 0 aromatic heterocycles. The first kappa shape index (κ1) is 32.0. The molecule has 0 bridgehead atoms. The Balaban J connectivity index is 1.21. The molecule has 0 fully saturated rings. The van der Waals surface area contributed by atoms with Crippen LogP contribution in [0.1, 0.15) is 45.2 Å². The molecule has 7 nitrogen and oxygen atoms in total. The summed E-state index contributed by atoms with van der Waals surface area (Å²) in [5.41, 5.74) is 3.15. The molecule has 0 aliphatic heterocycles. The predicted octanol–water partition coefficient (Wildman–Crippen LogP) is 7.20. The number of hydrogen-bond donors (Lipinski definition) is 1. The molecule has 0 spiro atoms. The molecule has 0 saturated heterocycles. The fraction of sp³-hybridized carbons (Fsp3) is 0.205. The van der Waals surface area contributed by atoms with Gasteiger partial charge in [0.25, 0.3) is 5.91 Å². The molecule has 0 radical (unpaired) electrons. The SMILES string of the molecule is CCCN(CCOc1ccc(C[C@H](Nc2ccccc2C(=O)c2ccccc2)C(=O)OC)cc1)C(=O)c1ccc2ccccc2c1. The van der Waals surface area contributed by atoms with Crippen LogP contribution in [-0.4, -0.2) is 55.4 Å². The number of hydrogen-bond acceptors (Lipinski definition) is 6. The van der Waals surface area contributed by atoms with E-state index in [2.05, 4.69) is 12.2 Å². The van der Waals surface area contributed by atoms with Gasteiger partial charge in [0.15, 0.2) is 5.78 Å². The van der Waals surface area contributed by atoms with Gasteiger partial charge in [-0.2, -0.15) is 0 Å². The molecule has 234 valence electrons. The Morgan fingerprint density at radius 1 is 0.739 bits per heavy atom. The van der Waals surface area contributed by atoms with E-state index < -0.39 is 12.0 Å². The Labute approximate surface area is 269 Å². The van der Waals surface area contributed by atoms with Crippen LogP contribution in [-0.2, 0) is 16.0 Å². The highest BCUT2D eigenvalue weighted by Crippen LogP contribution is 2.23. The molecular formula is C39H38N2O5. The summed E-state index contributed by atoms with van der Waals surface area (Å²) >= 11 is 0. The van der Waals surface area contributed by atoms with Crippen molar-refractivity contribution in [3.63, 3.8) is 0 Å². The number of fused-ring (bicyclic) bond motifs is 1. The monoisotopic (exact) mass is 614 g/mol. The van der Waals surface area contributed by atoms with Gasteiger partial charge >= 0.3 is 5.97 Å². The maximum absolute atomic E-state index is 13.3. The minimum atomic E-state index is -0.717. The number of nitrogens with zero attached hydrogens (tertiary/aromatic N) is 1. The number of ketones is 1. The number of anilines is 1. The van der Waals surface area contributed by atoms with E-state index in [4.69, 9.17) is 9.47 Å². The molecule has 7 heteroatoms. The lowest BCUT2D eigenvalue weighted by Gasteiger charge is -2.22. The number of methoxy groups -OCH3 is 1. The Morgan fingerprint density at radius 3 is 2.17 bits per heavy atom. The molecule has 1 atom stereocenters. The van der Waals surface area contributed by atoms with Crippen LogP contribution in [0.3, 0.4) is 0 Å². The summed E-state index contributed by atoms with van der Waals surface area (Å²) in [7, 11) is 1.35. The summed E-state index contributed by atoms with van der Waals surface area (Å²) in [4.78, 5) is 41.1. The Kier molecular flexibility index (Phi) is 10.8. The van der Waals surface area contributed by atoms with E-state index in [9.17, 15) is 14.4 Å². The fourth-order valence-corrected chi connectivity index (χ4v) is 5.40. The number of esters is 1. The van der Waals surface area contributed by atoms with Crippen LogP contribution in [0.4, 0.5) is 5.69 Å². The largest absolute Gasteiger partial charge is 0.492 e. The molecular weight excluding hydrogens is 576 g/mol. The van der Waals surface area contributed by atoms with Crippen molar-refractivity contribution in [1.82, 2.24) is 4.90 Å². The van der Waals surface area contributed by atoms with Crippen molar-refractivity contribution in [3.05, 3.63) is 144 Å². The van der Waals surface area contributed by atoms with Crippen molar-refractivity contribution in [2.45, 2.75) is 25.8 Å².